The number of rotatable bonds is 2. The van der Waals surface area contributed by atoms with Crippen LogP contribution in [0.5, 0.6) is 0 Å². The lowest BCUT2D eigenvalue weighted by molar-refractivity contribution is -0.138. The van der Waals surface area contributed by atoms with Crippen LogP contribution in [0.25, 0.3) is 0 Å². The molecule has 0 saturated carbocycles. The molecular formula is C9H9F4NO. The van der Waals surface area contributed by atoms with Gasteiger partial charge in [0.15, 0.2) is 0 Å². The third kappa shape index (κ3) is 3.17. The van der Waals surface area contributed by atoms with Crippen LogP contribution in [-0.4, -0.2) is 11.3 Å². The largest absolute Gasteiger partial charge is 0.416 e. The van der Waals surface area contributed by atoms with E-state index >= 15 is 0 Å². The highest BCUT2D eigenvalue weighted by Crippen LogP contribution is 2.32. The monoisotopic (exact) mass is 223 g/mol. The number of nitrogens with two attached hydrogens (primary N) is 1. The Morgan fingerprint density at radius 2 is 1.93 bits per heavy atom. The number of benzene rings is 1. The average Bonchev–Trinajstić information content (AvgIpc) is 2.05. The maximum atomic E-state index is 12.6. The van der Waals surface area contributed by atoms with Gasteiger partial charge in [-0.05, 0) is 17.7 Å². The predicted molar refractivity (Wildman–Crippen MR) is 45.3 cm³/mol. The second-order valence-electron chi connectivity index (χ2n) is 3.07. The first-order chi connectivity index (χ1) is 6.80. The lowest BCUT2D eigenvalue weighted by atomic mass is 10.0. The molecule has 3 N–H and O–H groups in total. The van der Waals surface area contributed by atoms with Gasteiger partial charge in [0.1, 0.15) is 12.0 Å². The van der Waals surface area contributed by atoms with E-state index in [1.165, 1.54) is 0 Å². The van der Waals surface area contributed by atoms with Crippen molar-refractivity contribution in [3.63, 3.8) is 0 Å². The van der Waals surface area contributed by atoms with Gasteiger partial charge in [0.05, 0.1) is 5.56 Å². The van der Waals surface area contributed by atoms with Crippen molar-refractivity contribution in [1.82, 2.24) is 0 Å². The van der Waals surface area contributed by atoms with E-state index in [1.807, 2.05) is 0 Å². The second-order valence-corrected chi connectivity index (χ2v) is 3.07. The maximum absolute atomic E-state index is 12.6. The van der Waals surface area contributed by atoms with Gasteiger partial charge in [-0.15, -0.1) is 0 Å². The summed E-state index contributed by atoms with van der Waals surface area (Å²) in [4.78, 5) is 0. The van der Waals surface area contributed by atoms with Crippen molar-refractivity contribution in [1.29, 1.82) is 0 Å². The lowest BCUT2D eigenvalue weighted by Crippen LogP contribution is -2.23. The van der Waals surface area contributed by atoms with Gasteiger partial charge in [0, 0.05) is 6.42 Å². The summed E-state index contributed by atoms with van der Waals surface area (Å²) < 4.78 is 49.8. The van der Waals surface area contributed by atoms with Crippen molar-refractivity contribution in [2.45, 2.75) is 18.8 Å². The van der Waals surface area contributed by atoms with Crippen LogP contribution >= 0.6 is 0 Å². The van der Waals surface area contributed by atoms with Crippen LogP contribution in [0.4, 0.5) is 17.6 Å². The van der Waals surface area contributed by atoms with E-state index in [9.17, 15) is 17.6 Å². The molecule has 0 spiro atoms. The minimum atomic E-state index is -4.65. The summed E-state index contributed by atoms with van der Waals surface area (Å²) in [6, 6.07) is 2.25. The van der Waals surface area contributed by atoms with Gasteiger partial charge in [0.25, 0.3) is 0 Å². The lowest BCUT2D eigenvalue weighted by Gasteiger charge is -2.13. The molecule has 1 aromatic carbocycles. The summed E-state index contributed by atoms with van der Waals surface area (Å²) in [6.07, 6.45) is -6.40. The van der Waals surface area contributed by atoms with Crippen molar-refractivity contribution in [3.05, 3.63) is 35.1 Å². The van der Waals surface area contributed by atoms with E-state index < -0.39 is 23.8 Å². The number of halogens is 4. The zero-order valence-electron chi connectivity index (χ0n) is 7.55. The molecule has 15 heavy (non-hydrogen) atoms. The first-order valence-corrected chi connectivity index (χ1v) is 4.10. The fraction of sp³-hybridized carbons (Fsp3) is 0.333. The number of hydrogen-bond donors (Lipinski definition) is 2. The van der Waals surface area contributed by atoms with Crippen LogP contribution in [-0.2, 0) is 12.6 Å². The molecule has 0 heterocycles. The second kappa shape index (κ2) is 4.16. The van der Waals surface area contributed by atoms with Crippen LogP contribution < -0.4 is 5.73 Å². The Morgan fingerprint density at radius 1 is 1.33 bits per heavy atom. The van der Waals surface area contributed by atoms with E-state index in [0.29, 0.717) is 6.07 Å². The molecule has 84 valence electrons. The molecule has 0 aliphatic rings. The molecule has 1 unspecified atom stereocenters. The van der Waals surface area contributed by atoms with Gasteiger partial charge in [-0.1, -0.05) is 6.07 Å². The van der Waals surface area contributed by atoms with Crippen molar-refractivity contribution in [2.75, 3.05) is 0 Å². The Bertz CT molecular complexity index is 348. The summed E-state index contributed by atoms with van der Waals surface area (Å²) in [6.45, 7) is 0. The van der Waals surface area contributed by atoms with Gasteiger partial charge in [-0.3, -0.25) is 0 Å². The molecule has 0 fully saturated rings. The summed E-state index contributed by atoms with van der Waals surface area (Å²) >= 11 is 0. The van der Waals surface area contributed by atoms with Crippen molar-refractivity contribution in [3.8, 4) is 0 Å². The van der Waals surface area contributed by atoms with Crippen molar-refractivity contribution < 1.29 is 22.7 Å². The van der Waals surface area contributed by atoms with E-state index in [0.717, 1.165) is 12.1 Å². The van der Waals surface area contributed by atoms with E-state index in [1.54, 1.807) is 0 Å². The van der Waals surface area contributed by atoms with Gasteiger partial charge in [0.2, 0.25) is 0 Å². The fourth-order valence-electron chi connectivity index (χ4n) is 1.22. The first-order valence-electron chi connectivity index (χ1n) is 4.10. The first kappa shape index (κ1) is 11.9. The fourth-order valence-corrected chi connectivity index (χ4v) is 1.22. The van der Waals surface area contributed by atoms with Crippen LogP contribution in [0, 0.1) is 5.82 Å². The molecular weight excluding hydrogens is 214 g/mol. The molecule has 0 aliphatic carbocycles. The zero-order chi connectivity index (χ0) is 11.6. The van der Waals surface area contributed by atoms with Crippen LogP contribution in [0.3, 0.4) is 0 Å². The van der Waals surface area contributed by atoms with Crippen LogP contribution in [0.2, 0.25) is 0 Å². The Morgan fingerprint density at radius 3 is 2.40 bits per heavy atom. The van der Waals surface area contributed by atoms with Gasteiger partial charge in [-0.25, -0.2) is 4.39 Å². The van der Waals surface area contributed by atoms with Gasteiger partial charge in [-0.2, -0.15) is 13.2 Å². The van der Waals surface area contributed by atoms with Crippen LogP contribution in [0.15, 0.2) is 18.2 Å². The summed E-state index contributed by atoms with van der Waals surface area (Å²) in [7, 11) is 0. The Labute approximate surface area is 83.3 Å². The molecule has 0 aliphatic heterocycles. The summed E-state index contributed by atoms with van der Waals surface area (Å²) in [5.74, 6) is -0.974. The standard InChI is InChI=1S/C9H9F4NO/c10-6-2-1-5(3-8(14)15)7(4-6)9(11,12)13/h1-2,4,8,15H,3,14H2. The van der Waals surface area contributed by atoms with E-state index in [-0.39, 0.29) is 12.0 Å². The van der Waals surface area contributed by atoms with Gasteiger partial charge >= 0.3 is 6.18 Å². The summed E-state index contributed by atoms with van der Waals surface area (Å²) in [5.41, 5.74) is 3.64. The normalized spacial score (nSPS) is 14.0. The van der Waals surface area contributed by atoms with Crippen LogP contribution in [0.1, 0.15) is 11.1 Å². The minimum absolute atomic E-state index is 0.223. The Hall–Kier alpha value is -1.14. The minimum Gasteiger partial charge on any atom is -0.378 e. The highest BCUT2D eigenvalue weighted by Gasteiger charge is 2.33. The highest BCUT2D eigenvalue weighted by molar-refractivity contribution is 5.30. The number of hydrogen-bond acceptors (Lipinski definition) is 2. The van der Waals surface area contributed by atoms with Crippen molar-refractivity contribution in [2.24, 2.45) is 5.73 Å². The van der Waals surface area contributed by atoms with Gasteiger partial charge < -0.3 is 10.8 Å². The average molecular weight is 223 g/mol. The number of aliphatic hydroxyl groups is 1. The Balaban J connectivity index is 3.15. The number of alkyl halides is 3. The molecule has 2 nitrogen and oxygen atoms in total. The van der Waals surface area contributed by atoms with Crippen molar-refractivity contribution >= 4 is 0 Å². The Kier molecular flexibility index (Phi) is 3.31. The quantitative estimate of drug-likeness (QED) is 0.591. The SMILES string of the molecule is NC(O)Cc1ccc(F)cc1C(F)(F)F. The molecule has 0 saturated heterocycles. The smallest absolute Gasteiger partial charge is 0.378 e. The predicted octanol–water partition coefficient (Wildman–Crippen LogP) is 1.66. The summed E-state index contributed by atoms with van der Waals surface area (Å²) in [5, 5.41) is 8.78. The topological polar surface area (TPSA) is 46.2 Å². The zero-order valence-corrected chi connectivity index (χ0v) is 7.55. The molecule has 1 atom stereocenters. The molecule has 0 radical (unpaired) electrons. The molecule has 1 rings (SSSR count). The molecule has 6 heteroatoms. The third-order valence-electron chi connectivity index (χ3n) is 1.81. The maximum Gasteiger partial charge on any atom is 0.416 e. The molecule has 0 bridgehead atoms. The molecule has 1 aromatic rings. The third-order valence-corrected chi connectivity index (χ3v) is 1.81. The number of aliphatic hydroxyl groups excluding tert-OH is 1. The van der Waals surface area contributed by atoms with E-state index in [4.69, 9.17) is 10.8 Å². The van der Waals surface area contributed by atoms with E-state index in [2.05, 4.69) is 0 Å². The highest BCUT2D eigenvalue weighted by atomic mass is 19.4. The molecule has 0 amide bonds. The molecule has 0 aromatic heterocycles.